The topological polar surface area (TPSA) is 99.8 Å². The Morgan fingerprint density at radius 1 is 0.975 bits per heavy atom. The first kappa shape index (κ1) is 28.3. The van der Waals surface area contributed by atoms with E-state index in [1.54, 1.807) is 0 Å². The number of hydrogen-bond acceptors (Lipinski definition) is 3. The van der Waals surface area contributed by atoms with E-state index in [0.29, 0.717) is 22.5 Å². The number of carbonyl (C=O) groups is 2. The van der Waals surface area contributed by atoms with Gasteiger partial charge in [0.1, 0.15) is 5.92 Å². The van der Waals surface area contributed by atoms with Gasteiger partial charge in [-0.1, -0.05) is 79.3 Å². The largest absolute Gasteiger partial charge is 2.00 e. The number of Topliss-reactive ketones (excluding diaryl/α,β-unsaturated/α-hetero) is 1. The van der Waals surface area contributed by atoms with E-state index in [1.165, 1.54) is 7.11 Å². The zero-order valence-electron chi connectivity index (χ0n) is 24.2. The molecule has 3 atom stereocenters. The van der Waals surface area contributed by atoms with Crippen LogP contribution in [-0.2, 0) is 16.0 Å². The van der Waals surface area contributed by atoms with Gasteiger partial charge in [-0.05, 0) is 39.0 Å². The molecule has 1 fully saturated rings. The molecule has 6 rings (SSSR count). The van der Waals surface area contributed by atoms with Crippen LogP contribution < -0.4 is 25.7 Å². The van der Waals surface area contributed by atoms with Crippen LogP contribution in [0.25, 0.3) is 29.1 Å². The van der Waals surface area contributed by atoms with Crippen molar-refractivity contribution in [2.75, 3.05) is 7.11 Å². The Morgan fingerprint density at radius 2 is 1.73 bits per heavy atom. The van der Waals surface area contributed by atoms with Crippen molar-refractivity contribution in [1.82, 2.24) is 15.0 Å². The van der Waals surface area contributed by atoms with Crippen LogP contribution in [0.4, 0.5) is 0 Å². The molecule has 3 aromatic heterocycles. The number of nitrogens with zero attached hydrogens (tertiary/aromatic N) is 4. The Hall–Kier alpha value is -3.23. The van der Waals surface area contributed by atoms with Gasteiger partial charge < -0.3 is 25.0 Å². The number of esters is 1. The maximum absolute atomic E-state index is 13.8. The molecule has 1 aliphatic carbocycles. The van der Waals surface area contributed by atoms with Gasteiger partial charge in [0.25, 0.3) is 0 Å². The first-order valence-electron chi connectivity index (χ1n) is 13.6. The standard InChI is InChI=1S/C32H33N4O3.Mg/c1-8-19-15(4)22-11-18-10-14(3)21(33-18)12-23-16(5)20(9-2)29(35-23)27-28(32(38)39-7)31(37)26-17(6)24(36-30(26)27)13-25(19)34-22;/h10-13,16,20,28H,8-9H2,1-7H3,(H-,35,36,37);/q-3;+2/p-1/b22-11-,23-12-,25-13-;/t16-,20-,28+;/m0./s1. The van der Waals surface area contributed by atoms with Crippen molar-refractivity contribution in [3.8, 4) is 0 Å². The summed E-state index contributed by atoms with van der Waals surface area (Å²) in [5.41, 5.74) is 9.76. The number of hydrogen-bond donors (Lipinski definition) is 0. The number of aromatic nitrogens is 3. The summed E-state index contributed by atoms with van der Waals surface area (Å²) in [6.45, 7) is 12.4. The van der Waals surface area contributed by atoms with Crippen LogP contribution in [0.3, 0.4) is 0 Å². The summed E-state index contributed by atoms with van der Waals surface area (Å²) in [6.07, 6.45) is 7.67. The minimum absolute atomic E-state index is 0. The van der Waals surface area contributed by atoms with Gasteiger partial charge in [-0.3, -0.25) is 9.59 Å². The fourth-order valence-electron chi connectivity index (χ4n) is 6.48. The fraction of sp³-hybridized carbons (Fsp3) is 0.375. The van der Waals surface area contributed by atoms with Crippen molar-refractivity contribution in [3.05, 3.63) is 84.1 Å². The monoisotopic (exact) mass is 544 g/mol. The third-order valence-electron chi connectivity index (χ3n) is 8.71. The van der Waals surface area contributed by atoms with Crippen molar-refractivity contribution in [2.45, 2.75) is 54.4 Å². The average Bonchev–Trinajstić information content (AvgIpc) is 3.65. The maximum Gasteiger partial charge on any atom is 2.00 e. The summed E-state index contributed by atoms with van der Waals surface area (Å²) in [4.78, 5) is 41.7. The van der Waals surface area contributed by atoms with Gasteiger partial charge >= 0.3 is 29.0 Å². The Bertz CT molecular complexity index is 1750. The molecule has 3 aliphatic rings. The van der Waals surface area contributed by atoms with Crippen LogP contribution in [0, 0.1) is 38.5 Å². The van der Waals surface area contributed by atoms with Gasteiger partial charge in [-0.25, -0.2) is 0 Å². The van der Waals surface area contributed by atoms with Crippen molar-refractivity contribution >= 4 is 58.6 Å². The van der Waals surface area contributed by atoms with E-state index in [0.717, 1.165) is 68.6 Å². The van der Waals surface area contributed by atoms with Gasteiger partial charge in [0.2, 0.25) is 0 Å². The van der Waals surface area contributed by atoms with Crippen molar-refractivity contribution in [1.29, 1.82) is 0 Å². The number of aryl methyl sites for hydroxylation is 1. The van der Waals surface area contributed by atoms with E-state index in [-0.39, 0.29) is 40.7 Å². The normalized spacial score (nSPS) is 25.7. The summed E-state index contributed by atoms with van der Waals surface area (Å²) >= 11 is 0. The third kappa shape index (κ3) is 4.06. The summed E-state index contributed by atoms with van der Waals surface area (Å²) in [7, 11) is 1.32. The molecule has 3 aromatic rings. The van der Waals surface area contributed by atoms with Crippen molar-refractivity contribution in [3.63, 3.8) is 0 Å². The predicted molar refractivity (Wildman–Crippen MR) is 156 cm³/mol. The van der Waals surface area contributed by atoms with E-state index in [9.17, 15) is 9.59 Å². The Morgan fingerprint density at radius 3 is 2.40 bits per heavy atom. The van der Waals surface area contributed by atoms with Crippen LogP contribution in [0.15, 0.2) is 17.5 Å². The number of ketones is 1. The molecule has 5 heterocycles. The second kappa shape index (κ2) is 10.3. The van der Waals surface area contributed by atoms with E-state index < -0.39 is 11.9 Å². The molecular formula is C32H32MgN4O3-2. The van der Waals surface area contributed by atoms with Crippen molar-refractivity contribution in [2.24, 2.45) is 17.8 Å². The van der Waals surface area contributed by atoms with Gasteiger partial charge in [-0.15, -0.1) is 33.5 Å². The molecule has 0 unspecified atom stereocenters. The average molecular weight is 545 g/mol. The first-order chi connectivity index (χ1) is 18.7. The van der Waals surface area contributed by atoms with E-state index in [4.69, 9.17) is 25.0 Å². The van der Waals surface area contributed by atoms with Crippen LogP contribution in [0.5, 0.6) is 0 Å². The molecule has 0 saturated carbocycles. The zero-order chi connectivity index (χ0) is 27.7. The number of ether oxygens (including phenoxy) is 1. The maximum atomic E-state index is 13.8. The quantitative estimate of drug-likeness (QED) is 0.285. The molecule has 8 heteroatoms. The van der Waals surface area contributed by atoms with Gasteiger partial charge in [0.15, 0.2) is 5.78 Å². The molecule has 0 amide bonds. The van der Waals surface area contributed by atoms with Crippen LogP contribution in [0.1, 0.15) is 82.6 Å². The molecular weight excluding hydrogens is 513 g/mol. The molecule has 7 nitrogen and oxygen atoms in total. The molecule has 0 radical (unpaired) electrons. The molecule has 40 heavy (non-hydrogen) atoms. The van der Waals surface area contributed by atoms with E-state index in [1.807, 2.05) is 25.2 Å². The van der Waals surface area contributed by atoms with E-state index in [2.05, 4.69) is 40.7 Å². The fourth-order valence-corrected chi connectivity index (χ4v) is 6.48. The minimum Gasteiger partial charge on any atom is -0.664 e. The molecule has 1 saturated heterocycles. The number of carbonyl (C=O) groups excluding carboxylic acids is 2. The Kier molecular flexibility index (Phi) is 7.29. The van der Waals surface area contributed by atoms with Gasteiger partial charge in [0.05, 0.1) is 7.11 Å². The van der Waals surface area contributed by atoms with Crippen LogP contribution in [0.2, 0.25) is 0 Å². The third-order valence-corrected chi connectivity index (χ3v) is 8.71. The molecule has 0 spiro atoms. The second-order valence-electron chi connectivity index (χ2n) is 10.8. The molecule has 0 N–H and O–H groups in total. The van der Waals surface area contributed by atoms with E-state index >= 15 is 0 Å². The van der Waals surface area contributed by atoms with Gasteiger partial charge in [-0.2, -0.15) is 11.4 Å². The second-order valence-corrected chi connectivity index (χ2v) is 10.8. The van der Waals surface area contributed by atoms with Crippen LogP contribution >= 0.6 is 0 Å². The minimum atomic E-state index is -1.06. The summed E-state index contributed by atoms with van der Waals surface area (Å²) in [6, 6.07) is 2.08. The summed E-state index contributed by atoms with van der Waals surface area (Å²) in [5.74, 6) is -1.78. The van der Waals surface area contributed by atoms with Crippen molar-refractivity contribution < 1.29 is 14.3 Å². The first-order valence-corrected chi connectivity index (χ1v) is 13.6. The smallest absolute Gasteiger partial charge is 0.664 e. The number of rotatable bonds is 3. The molecule has 202 valence electrons. The summed E-state index contributed by atoms with van der Waals surface area (Å²) in [5, 5.41) is 6.82. The van der Waals surface area contributed by atoms with Crippen LogP contribution in [-0.4, -0.2) is 41.9 Å². The Balaban J connectivity index is 0.00000323. The predicted octanol–water partition coefficient (Wildman–Crippen LogP) is 3.42. The van der Waals surface area contributed by atoms with Gasteiger partial charge in [0, 0.05) is 5.56 Å². The number of fused-ring (bicyclic) bond motifs is 7. The zero-order valence-corrected chi connectivity index (χ0v) is 25.6. The number of methoxy groups -OCH3 is 1. The summed E-state index contributed by atoms with van der Waals surface area (Å²) < 4.78 is 5.13. The number of allylic oxidation sites excluding steroid dienone is 2. The SMILES string of the molecule is CCc1c(C)/c2[n-]/c1=C\c1[n-]c3c(c1C)C(=O)[C@H](C(=O)OC)/C3=C1/[N-]/C(=C\c3[n-]c(cc3C)\C=2)[C@@H](C)[C@@H]1CC.[Mg+2]. The molecule has 8 bridgehead atoms. The molecule has 0 aromatic carbocycles. The Labute approximate surface area is 250 Å². The molecule has 2 aliphatic heterocycles.